The van der Waals surface area contributed by atoms with E-state index in [0.29, 0.717) is 17.4 Å². The number of hydrogen-bond acceptors (Lipinski definition) is 7. The van der Waals surface area contributed by atoms with Gasteiger partial charge in [-0.15, -0.1) is 15.3 Å². The standard InChI is InChI=1S/C21H23N7OS/c1-28-16(12-14-6-2-4-8-17(14)28)13-19(29)23-21-27-26-20(30-21)9-5-3-7-15-10-11-18(22)25-24-15/h2,4,6,8,10-12H,3,5,7,9,13H2,1H3,(H2,22,25)(H,23,27,29). The molecule has 0 spiro atoms. The fourth-order valence-electron chi connectivity index (χ4n) is 3.33. The zero-order valence-corrected chi connectivity index (χ0v) is 17.5. The van der Waals surface area contributed by atoms with Gasteiger partial charge in [0.25, 0.3) is 0 Å². The van der Waals surface area contributed by atoms with Crippen molar-refractivity contribution in [1.82, 2.24) is 25.0 Å². The number of carbonyl (C=O) groups is 1. The number of rotatable bonds is 8. The summed E-state index contributed by atoms with van der Waals surface area (Å²) in [7, 11) is 1.98. The number of nitrogens with one attached hydrogen (secondary N) is 1. The molecule has 0 aliphatic carbocycles. The molecule has 8 nitrogen and oxygen atoms in total. The molecular formula is C21H23N7OS. The molecule has 0 fully saturated rings. The van der Waals surface area contributed by atoms with Crippen molar-refractivity contribution in [2.45, 2.75) is 32.1 Å². The summed E-state index contributed by atoms with van der Waals surface area (Å²) in [6, 6.07) is 13.8. The van der Waals surface area contributed by atoms with Crippen LogP contribution in [0, 0.1) is 0 Å². The summed E-state index contributed by atoms with van der Waals surface area (Å²) in [5, 5.41) is 21.7. The highest BCUT2D eigenvalue weighted by atomic mass is 32.1. The number of nitrogens with zero attached hydrogens (tertiary/aromatic N) is 5. The van der Waals surface area contributed by atoms with Crippen LogP contribution < -0.4 is 11.1 Å². The van der Waals surface area contributed by atoms with Gasteiger partial charge in [-0.25, -0.2) is 0 Å². The Morgan fingerprint density at radius 3 is 2.70 bits per heavy atom. The predicted molar refractivity (Wildman–Crippen MR) is 118 cm³/mol. The number of anilines is 2. The van der Waals surface area contributed by atoms with E-state index in [1.807, 2.05) is 48.0 Å². The van der Waals surface area contributed by atoms with Crippen LogP contribution in [0.15, 0.2) is 42.5 Å². The van der Waals surface area contributed by atoms with E-state index in [1.165, 1.54) is 11.3 Å². The SMILES string of the molecule is Cn1c(CC(=O)Nc2nnc(CCCCc3ccc(N)nn3)s2)cc2ccccc21. The maximum atomic E-state index is 12.5. The Morgan fingerprint density at radius 2 is 1.90 bits per heavy atom. The molecule has 3 aromatic heterocycles. The minimum absolute atomic E-state index is 0.0921. The lowest BCUT2D eigenvalue weighted by atomic mass is 10.1. The van der Waals surface area contributed by atoms with Crippen molar-refractivity contribution in [2.24, 2.45) is 7.05 Å². The number of fused-ring (bicyclic) bond motifs is 1. The Labute approximate surface area is 178 Å². The van der Waals surface area contributed by atoms with E-state index >= 15 is 0 Å². The second-order valence-corrected chi connectivity index (χ2v) is 8.20. The first-order chi connectivity index (χ1) is 14.6. The number of aryl methyl sites for hydroxylation is 3. The quantitative estimate of drug-likeness (QED) is 0.423. The lowest BCUT2D eigenvalue weighted by Gasteiger charge is -2.04. The minimum Gasteiger partial charge on any atom is -0.382 e. The maximum Gasteiger partial charge on any atom is 0.232 e. The Morgan fingerprint density at radius 1 is 1.07 bits per heavy atom. The molecule has 0 unspecified atom stereocenters. The number of nitrogen functional groups attached to an aromatic ring is 1. The van der Waals surface area contributed by atoms with Gasteiger partial charge in [-0.1, -0.05) is 29.5 Å². The van der Waals surface area contributed by atoms with Crippen LogP contribution in [0.3, 0.4) is 0 Å². The average Bonchev–Trinajstić information content (AvgIpc) is 3.31. The van der Waals surface area contributed by atoms with Gasteiger partial charge >= 0.3 is 0 Å². The molecule has 0 bridgehead atoms. The van der Waals surface area contributed by atoms with Crippen LogP contribution in [0.1, 0.15) is 29.2 Å². The van der Waals surface area contributed by atoms with Gasteiger partial charge in [0.1, 0.15) is 10.8 Å². The summed E-state index contributed by atoms with van der Waals surface area (Å²) in [5.74, 6) is 0.341. The van der Waals surface area contributed by atoms with Crippen LogP contribution in [0.2, 0.25) is 0 Å². The number of benzene rings is 1. The van der Waals surface area contributed by atoms with Gasteiger partial charge in [-0.3, -0.25) is 4.79 Å². The molecule has 1 aromatic carbocycles. The van der Waals surface area contributed by atoms with Crippen LogP contribution in [-0.4, -0.2) is 30.9 Å². The Hall–Kier alpha value is -3.33. The predicted octanol–water partition coefficient (Wildman–Crippen LogP) is 3.15. The Balaban J connectivity index is 1.25. The van der Waals surface area contributed by atoms with E-state index in [4.69, 9.17) is 5.73 Å². The van der Waals surface area contributed by atoms with Gasteiger partial charge in [0.05, 0.1) is 12.1 Å². The van der Waals surface area contributed by atoms with Crippen molar-refractivity contribution in [3.8, 4) is 0 Å². The highest BCUT2D eigenvalue weighted by molar-refractivity contribution is 7.15. The molecule has 1 amide bonds. The van der Waals surface area contributed by atoms with Crippen molar-refractivity contribution >= 4 is 39.1 Å². The lowest BCUT2D eigenvalue weighted by Crippen LogP contribution is -2.15. The zero-order chi connectivity index (χ0) is 20.9. The highest BCUT2D eigenvalue weighted by Gasteiger charge is 2.12. The number of para-hydroxylation sites is 1. The van der Waals surface area contributed by atoms with E-state index < -0.39 is 0 Å². The molecule has 0 atom stereocenters. The third-order valence-electron chi connectivity index (χ3n) is 4.92. The summed E-state index contributed by atoms with van der Waals surface area (Å²) in [6.45, 7) is 0. The fourth-order valence-corrected chi connectivity index (χ4v) is 4.13. The Bertz CT molecular complexity index is 1150. The summed E-state index contributed by atoms with van der Waals surface area (Å²) >= 11 is 1.42. The molecule has 3 N–H and O–H groups in total. The molecule has 4 aromatic rings. The maximum absolute atomic E-state index is 12.5. The molecule has 4 rings (SSSR count). The average molecular weight is 422 g/mol. The molecule has 3 heterocycles. The largest absolute Gasteiger partial charge is 0.382 e. The number of carbonyl (C=O) groups excluding carboxylic acids is 1. The van der Waals surface area contributed by atoms with E-state index in [2.05, 4.69) is 25.7 Å². The first-order valence-corrected chi connectivity index (χ1v) is 10.6. The number of unbranched alkanes of at least 4 members (excludes halogenated alkanes) is 1. The number of nitrogens with two attached hydrogens (primary N) is 1. The van der Waals surface area contributed by atoms with Crippen molar-refractivity contribution in [3.05, 3.63) is 58.9 Å². The second kappa shape index (κ2) is 9.00. The van der Waals surface area contributed by atoms with Gasteiger partial charge in [0.2, 0.25) is 11.0 Å². The van der Waals surface area contributed by atoms with Crippen LogP contribution in [-0.2, 0) is 31.1 Å². The van der Waals surface area contributed by atoms with Crippen LogP contribution in [0.25, 0.3) is 10.9 Å². The minimum atomic E-state index is -0.0921. The topological polar surface area (TPSA) is 112 Å². The number of hydrogen-bond donors (Lipinski definition) is 2. The van der Waals surface area contributed by atoms with Gasteiger partial charge in [-0.05, 0) is 48.9 Å². The molecule has 0 aliphatic rings. The summed E-state index contributed by atoms with van der Waals surface area (Å²) < 4.78 is 2.05. The van der Waals surface area contributed by atoms with E-state index in [1.54, 1.807) is 6.07 Å². The highest BCUT2D eigenvalue weighted by Crippen LogP contribution is 2.21. The summed E-state index contributed by atoms with van der Waals surface area (Å²) in [4.78, 5) is 12.5. The van der Waals surface area contributed by atoms with E-state index in [-0.39, 0.29) is 5.91 Å². The van der Waals surface area contributed by atoms with E-state index in [0.717, 1.165) is 53.0 Å². The van der Waals surface area contributed by atoms with Crippen molar-refractivity contribution in [3.63, 3.8) is 0 Å². The lowest BCUT2D eigenvalue weighted by molar-refractivity contribution is -0.115. The van der Waals surface area contributed by atoms with Crippen LogP contribution in [0.4, 0.5) is 10.9 Å². The molecule has 154 valence electrons. The Kier molecular flexibility index (Phi) is 5.99. The van der Waals surface area contributed by atoms with Crippen molar-refractivity contribution < 1.29 is 4.79 Å². The van der Waals surface area contributed by atoms with Gasteiger partial charge in [0, 0.05) is 24.7 Å². The fraction of sp³-hybridized carbons (Fsp3) is 0.286. The first kappa shape index (κ1) is 20.0. The first-order valence-electron chi connectivity index (χ1n) is 9.82. The monoisotopic (exact) mass is 421 g/mol. The molecule has 0 radical (unpaired) electrons. The molecule has 0 aliphatic heterocycles. The van der Waals surface area contributed by atoms with Crippen LogP contribution in [0.5, 0.6) is 0 Å². The van der Waals surface area contributed by atoms with E-state index in [9.17, 15) is 4.79 Å². The van der Waals surface area contributed by atoms with Crippen molar-refractivity contribution in [2.75, 3.05) is 11.1 Å². The van der Waals surface area contributed by atoms with Crippen LogP contribution >= 0.6 is 11.3 Å². The van der Waals surface area contributed by atoms with Gasteiger partial charge < -0.3 is 15.6 Å². The third kappa shape index (κ3) is 4.80. The molecule has 9 heteroatoms. The zero-order valence-electron chi connectivity index (χ0n) is 16.7. The second-order valence-electron chi connectivity index (χ2n) is 7.14. The smallest absolute Gasteiger partial charge is 0.232 e. The van der Waals surface area contributed by atoms with Crippen molar-refractivity contribution in [1.29, 1.82) is 0 Å². The molecule has 0 saturated heterocycles. The van der Waals surface area contributed by atoms with Gasteiger partial charge in [-0.2, -0.15) is 5.10 Å². The third-order valence-corrected chi connectivity index (χ3v) is 5.82. The summed E-state index contributed by atoms with van der Waals surface area (Å²) in [6.07, 6.45) is 3.90. The normalized spacial score (nSPS) is 11.1. The number of amides is 1. The summed E-state index contributed by atoms with van der Waals surface area (Å²) in [5.41, 5.74) is 8.55. The molecule has 0 saturated carbocycles. The molecular weight excluding hydrogens is 398 g/mol. The molecule has 30 heavy (non-hydrogen) atoms. The number of aromatic nitrogens is 5. The van der Waals surface area contributed by atoms with Gasteiger partial charge in [0.15, 0.2) is 0 Å².